The Kier molecular flexibility index (Phi) is 11.5. The van der Waals surface area contributed by atoms with Crippen LogP contribution in [0, 0.1) is 0 Å². The molecule has 0 bridgehead atoms. The van der Waals surface area contributed by atoms with Crippen molar-refractivity contribution in [2.45, 2.75) is 51.9 Å². The van der Waals surface area contributed by atoms with E-state index in [1.807, 2.05) is 0 Å². The molecule has 2 unspecified atom stereocenters. The van der Waals surface area contributed by atoms with E-state index in [2.05, 4.69) is 15.2 Å². The molecule has 2 rings (SSSR count). The van der Waals surface area contributed by atoms with Crippen LogP contribution in [-0.2, 0) is 28.3 Å². The smallest absolute Gasteiger partial charge is 0.330 e. The molecule has 0 amide bonds. The van der Waals surface area contributed by atoms with Crippen molar-refractivity contribution in [3.8, 4) is 0 Å². The predicted molar refractivity (Wildman–Crippen MR) is 116 cm³/mol. The van der Waals surface area contributed by atoms with Gasteiger partial charge in [-0.25, -0.2) is 4.79 Å². The van der Waals surface area contributed by atoms with E-state index >= 15 is 0 Å². The summed E-state index contributed by atoms with van der Waals surface area (Å²) < 4.78 is 23.0. The monoisotopic (exact) mass is 474 g/mol. The first kappa shape index (κ1) is 26.1. The SMILES string of the molecule is CCOC(=O)CCNP(NCCC(=O)OCC)OCC1CCC(n2ccc(=O)[nH]c2=O)O1. The zero-order chi connectivity index (χ0) is 23.3. The Morgan fingerprint density at radius 1 is 1.12 bits per heavy atom. The van der Waals surface area contributed by atoms with Crippen LogP contribution in [0.4, 0.5) is 0 Å². The van der Waals surface area contributed by atoms with Gasteiger partial charge in [-0.15, -0.1) is 0 Å². The third-order valence-electron chi connectivity index (χ3n) is 4.42. The van der Waals surface area contributed by atoms with Crippen molar-refractivity contribution in [1.29, 1.82) is 0 Å². The highest BCUT2D eigenvalue weighted by molar-refractivity contribution is 7.48. The number of hydrogen-bond acceptors (Lipinski definition) is 10. The molecule has 3 N–H and O–H groups in total. The number of aromatic nitrogens is 2. The number of hydrogen-bond donors (Lipinski definition) is 3. The van der Waals surface area contributed by atoms with Gasteiger partial charge in [-0.1, -0.05) is 0 Å². The minimum absolute atomic E-state index is 0.187. The van der Waals surface area contributed by atoms with Crippen molar-refractivity contribution < 1.29 is 28.3 Å². The number of aromatic amines is 1. The number of nitrogens with one attached hydrogen (secondary N) is 3. The summed E-state index contributed by atoms with van der Waals surface area (Å²) in [5.41, 5.74) is -0.981. The Bertz CT molecular complexity index is 821. The molecule has 1 aromatic heterocycles. The van der Waals surface area contributed by atoms with Gasteiger partial charge in [0.2, 0.25) is 0 Å². The van der Waals surface area contributed by atoms with Crippen molar-refractivity contribution in [1.82, 2.24) is 19.7 Å². The maximum absolute atomic E-state index is 11.9. The van der Waals surface area contributed by atoms with E-state index in [1.54, 1.807) is 13.8 Å². The number of nitrogens with zero attached hydrogens (tertiary/aromatic N) is 1. The summed E-state index contributed by atoms with van der Waals surface area (Å²) in [5, 5.41) is 6.25. The van der Waals surface area contributed by atoms with Crippen LogP contribution in [0.5, 0.6) is 0 Å². The van der Waals surface area contributed by atoms with Crippen LogP contribution < -0.4 is 21.4 Å². The Balaban J connectivity index is 1.83. The van der Waals surface area contributed by atoms with Crippen LogP contribution in [0.3, 0.4) is 0 Å². The van der Waals surface area contributed by atoms with Gasteiger partial charge in [0.15, 0.2) is 8.45 Å². The second-order valence-electron chi connectivity index (χ2n) is 6.82. The minimum atomic E-state index is -1.35. The number of ether oxygens (including phenoxy) is 3. The molecule has 1 saturated heterocycles. The van der Waals surface area contributed by atoms with Gasteiger partial charge in [0.25, 0.3) is 5.56 Å². The summed E-state index contributed by atoms with van der Waals surface area (Å²) in [6.45, 7) is 5.07. The number of carbonyl (C=O) groups is 2. The lowest BCUT2D eigenvalue weighted by molar-refractivity contribution is -0.143. The molecule has 0 radical (unpaired) electrons. The van der Waals surface area contributed by atoms with E-state index in [0.717, 1.165) is 0 Å². The molecule has 32 heavy (non-hydrogen) atoms. The van der Waals surface area contributed by atoms with Crippen molar-refractivity contribution in [3.05, 3.63) is 33.1 Å². The first-order valence-electron chi connectivity index (χ1n) is 10.6. The topological polar surface area (TPSA) is 150 Å². The molecule has 180 valence electrons. The van der Waals surface area contributed by atoms with Crippen molar-refractivity contribution in [3.63, 3.8) is 0 Å². The fourth-order valence-electron chi connectivity index (χ4n) is 2.96. The number of esters is 2. The lowest BCUT2D eigenvalue weighted by Crippen LogP contribution is -2.32. The van der Waals surface area contributed by atoms with Gasteiger partial charge < -0.3 is 18.7 Å². The molecule has 0 aliphatic carbocycles. The summed E-state index contributed by atoms with van der Waals surface area (Å²) in [6.07, 6.45) is 2.33. The van der Waals surface area contributed by atoms with E-state index in [1.165, 1.54) is 16.8 Å². The average molecular weight is 474 g/mol. The minimum Gasteiger partial charge on any atom is -0.466 e. The maximum Gasteiger partial charge on any atom is 0.330 e. The first-order chi connectivity index (χ1) is 15.4. The molecule has 1 aliphatic rings. The Morgan fingerprint density at radius 3 is 2.31 bits per heavy atom. The van der Waals surface area contributed by atoms with Crippen LogP contribution >= 0.6 is 8.45 Å². The van der Waals surface area contributed by atoms with Crippen molar-refractivity contribution in [2.24, 2.45) is 0 Å². The van der Waals surface area contributed by atoms with Crippen molar-refractivity contribution in [2.75, 3.05) is 32.9 Å². The van der Waals surface area contributed by atoms with Gasteiger partial charge in [0, 0.05) is 25.4 Å². The van der Waals surface area contributed by atoms with Crippen molar-refractivity contribution >= 4 is 20.4 Å². The largest absolute Gasteiger partial charge is 0.466 e. The van der Waals surface area contributed by atoms with Gasteiger partial charge in [-0.2, -0.15) is 0 Å². The van der Waals surface area contributed by atoms with E-state index in [9.17, 15) is 19.2 Å². The Labute approximate surface area is 186 Å². The molecule has 12 nitrogen and oxygen atoms in total. The molecule has 0 saturated carbocycles. The molecular formula is C19H31N4O8P. The summed E-state index contributed by atoms with van der Waals surface area (Å²) in [4.78, 5) is 48.5. The molecule has 13 heteroatoms. The normalized spacial score (nSPS) is 18.1. The molecule has 1 aliphatic heterocycles. The highest BCUT2D eigenvalue weighted by atomic mass is 31.2. The van der Waals surface area contributed by atoms with Crippen LogP contribution in [0.15, 0.2) is 21.9 Å². The standard InChI is InChI=1S/C19H31N4O8P/c1-3-28-17(25)7-10-20-32(21-11-8-18(26)29-4-2)30-13-14-5-6-16(31-14)23-12-9-15(24)22-19(23)27/h9,12,14,16,20-21H,3-8,10-11,13H2,1-2H3,(H,22,24,27). The summed E-state index contributed by atoms with van der Waals surface area (Å²) >= 11 is 0. The fraction of sp³-hybridized carbons (Fsp3) is 0.684. The number of rotatable bonds is 14. The maximum atomic E-state index is 11.9. The van der Waals surface area contributed by atoms with E-state index in [0.29, 0.717) is 39.1 Å². The van der Waals surface area contributed by atoms with Crippen LogP contribution in [0.25, 0.3) is 0 Å². The molecule has 1 fully saturated rings. The highest BCUT2D eigenvalue weighted by Gasteiger charge is 2.28. The van der Waals surface area contributed by atoms with E-state index in [-0.39, 0.29) is 37.5 Å². The van der Waals surface area contributed by atoms with Gasteiger partial charge in [-0.3, -0.25) is 34.1 Å². The molecule has 2 atom stereocenters. The van der Waals surface area contributed by atoms with Crippen LogP contribution in [-0.4, -0.2) is 60.5 Å². The number of carbonyl (C=O) groups excluding carboxylic acids is 2. The summed E-state index contributed by atoms with van der Waals surface area (Å²) in [6, 6.07) is 1.27. The number of H-pyrrole nitrogens is 1. The quantitative estimate of drug-likeness (QED) is 0.258. The predicted octanol–water partition coefficient (Wildman–Crippen LogP) is 0.543. The van der Waals surface area contributed by atoms with Gasteiger partial charge in [-0.05, 0) is 26.7 Å². The molecular weight excluding hydrogens is 443 g/mol. The van der Waals surface area contributed by atoms with E-state index in [4.69, 9.17) is 18.7 Å². The lowest BCUT2D eigenvalue weighted by Gasteiger charge is -2.21. The molecule has 1 aromatic rings. The molecule has 2 heterocycles. The average Bonchev–Trinajstić information content (AvgIpc) is 3.20. The van der Waals surface area contributed by atoms with Gasteiger partial charge in [0.1, 0.15) is 6.23 Å². The zero-order valence-corrected chi connectivity index (χ0v) is 19.2. The van der Waals surface area contributed by atoms with Gasteiger partial charge in [0.05, 0.1) is 38.8 Å². The van der Waals surface area contributed by atoms with Gasteiger partial charge >= 0.3 is 17.6 Å². The Hall–Kier alpha value is -2.11. The second kappa shape index (κ2) is 14.1. The zero-order valence-electron chi connectivity index (χ0n) is 18.3. The lowest BCUT2D eigenvalue weighted by atomic mass is 10.2. The van der Waals surface area contributed by atoms with Crippen LogP contribution in [0.2, 0.25) is 0 Å². The third-order valence-corrected chi connectivity index (χ3v) is 5.84. The molecule has 0 aromatic carbocycles. The molecule has 0 spiro atoms. The van der Waals surface area contributed by atoms with Crippen LogP contribution in [0.1, 0.15) is 45.8 Å². The Morgan fingerprint density at radius 2 is 1.75 bits per heavy atom. The van der Waals surface area contributed by atoms with E-state index < -0.39 is 25.9 Å². The first-order valence-corrected chi connectivity index (χ1v) is 11.9. The summed E-state index contributed by atoms with van der Waals surface area (Å²) in [5.74, 6) is -0.621. The second-order valence-corrected chi connectivity index (χ2v) is 8.30. The fourth-order valence-corrected chi connectivity index (χ4v) is 4.20. The third kappa shape index (κ3) is 9.17. The summed E-state index contributed by atoms with van der Waals surface area (Å²) in [7, 11) is -1.35. The highest BCUT2D eigenvalue weighted by Crippen LogP contribution is 2.32.